The maximum Gasteiger partial charge on any atom is 0.259 e. The molecule has 0 aliphatic carbocycles. The van der Waals surface area contributed by atoms with Gasteiger partial charge in [-0.05, 0) is 53.9 Å². The molecule has 0 fully saturated rings. The molecule has 7 heteroatoms. The quantitative estimate of drug-likeness (QED) is 0.373. The van der Waals surface area contributed by atoms with E-state index in [0.717, 1.165) is 12.0 Å². The van der Waals surface area contributed by atoms with Gasteiger partial charge in [0.25, 0.3) is 11.8 Å². The maximum absolute atomic E-state index is 14.6. The Morgan fingerprint density at radius 2 is 1.59 bits per heavy atom. The lowest BCUT2D eigenvalue weighted by Crippen LogP contribution is -2.36. The van der Waals surface area contributed by atoms with Crippen LogP contribution in [0.2, 0.25) is 0 Å². The fraction of sp³-hybridized carbons (Fsp3) is 0.133. The molecule has 37 heavy (non-hydrogen) atoms. The minimum Gasteiger partial charge on any atom is -0.334 e. The Labute approximate surface area is 216 Å². The zero-order chi connectivity index (χ0) is 25.5. The van der Waals surface area contributed by atoms with E-state index in [9.17, 15) is 18.2 Å². The van der Waals surface area contributed by atoms with E-state index < -0.39 is 16.6 Å². The van der Waals surface area contributed by atoms with Crippen molar-refractivity contribution in [2.75, 3.05) is 11.4 Å². The molecule has 4 aromatic rings. The summed E-state index contributed by atoms with van der Waals surface area (Å²) in [5.41, 5.74) is 3.73. The number of benzene rings is 4. The first-order valence-electron chi connectivity index (χ1n) is 12.1. The molecule has 1 atom stereocenters. The third-order valence-corrected chi connectivity index (χ3v) is 8.46. The highest BCUT2D eigenvalue weighted by molar-refractivity contribution is 7.85. The van der Waals surface area contributed by atoms with Crippen LogP contribution >= 0.6 is 0 Å². The summed E-state index contributed by atoms with van der Waals surface area (Å²) in [6, 6.07) is 26.1. The van der Waals surface area contributed by atoms with E-state index in [1.807, 2.05) is 18.2 Å². The van der Waals surface area contributed by atoms with Crippen molar-refractivity contribution >= 4 is 28.3 Å². The molecule has 0 saturated carbocycles. The first-order chi connectivity index (χ1) is 18.0. The normalized spacial score (nSPS) is 16.5. The lowest BCUT2D eigenvalue weighted by Gasteiger charge is -2.29. The Bertz CT molecular complexity index is 1580. The van der Waals surface area contributed by atoms with Gasteiger partial charge in [-0.2, -0.15) is 0 Å². The third-order valence-electron chi connectivity index (χ3n) is 6.96. The van der Waals surface area contributed by atoms with Crippen molar-refractivity contribution in [3.05, 3.63) is 125 Å². The van der Waals surface area contributed by atoms with Gasteiger partial charge in [0.15, 0.2) is 0 Å². The lowest BCUT2D eigenvalue weighted by molar-refractivity contribution is 0.0734. The van der Waals surface area contributed by atoms with Gasteiger partial charge in [-0.15, -0.1) is 0 Å². The molecule has 2 aliphatic rings. The molecule has 0 aromatic heterocycles. The van der Waals surface area contributed by atoms with Crippen LogP contribution < -0.4 is 4.90 Å². The van der Waals surface area contributed by atoms with Gasteiger partial charge in [0.1, 0.15) is 5.82 Å². The zero-order valence-corrected chi connectivity index (χ0v) is 20.7. The van der Waals surface area contributed by atoms with E-state index in [1.54, 1.807) is 65.6 Å². The standard InChI is InChI=1S/C30H23FN2O3S/c31-25-11-5-3-9-23(25)19-33-26-17-21(29(34)32-16-15-20-7-1-2-8-22(20)18-32)13-14-28(26)37(36)27-12-6-4-10-24(27)30(33)35/h1-14,17H,15-16,18-19H2/t37-/m1/s1. The van der Waals surface area contributed by atoms with E-state index in [2.05, 4.69) is 6.07 Å². The summed E-state index contributed by atoms with van der Waals surface area (Å²) < 4.78 is 28.3. The molecule has 0 N–H and O–H groups in total. The van der Waals surface area contributed by atoms with Crippen LogP contribution in [0.1, 0.15) is 37.4 Å². The summed E-state index contributed by atoms with van der Waals surface area (Å²) in [6.45, 7) is 1.03. The second-order valence-corrected chi connectivity index (χ2v) is 10.6. The van der Waals surface area contributed by atoms with Gasteiger partial charge in [-0.3, -0.25) is 9.59 Å². The smallest absolute Gasteiger partial charge is 0.259 e. The number of rotatable bonds is 3. The van der Waals surface area contributed by atoms with Gasteiger partial charge in [-0.1, -0.05) is 54.6 Å². The first kappa shape index (κ1) is 23.3. The molecule has 6 rings (SSSR count). The largest absolute Gasteiger partial charge is 0.334 e. The summed E-state index contributed by atoms with van der Waals surface area (Å²) in [4.78, 5) is 31.4. The minimum absolute atomic E-state index is 0.0568. The average Bonchev–Trinajstić information content (AvgIpc) is 3.02. The molecular formula is C30H23FN2O3S. The summed E-state index contributed by atoms with van der Waals surface area (Å²) in [5, 5.41) is 0. The van der Waals surface area contributed by atoms with Crippen molar-refractivity contribution in [2.45, 2.75) is 29.3 Å². The van der Waals surface area contributed by atoms with E-state index in [0.29, 0.717) is 45.3 Å². The number of fused-ring (bicyclic) bond motifs is 3. The van der Waals surface area contributed by atoms with E-state index >= 15 is 0 Å². The molecule has 4 aromatic carbocycles. The van der Waals surface area contributed by atoms with Crippen LogP contribution in [0.4, 0.5) is 10.1 Å². The highest BCUT2D eigenvalue weighted by atomic mass is 32.2. The molecule has 0 bridgehead atoms. The van der Waals surface area contributed by atoms with Crippen LogP contribution in [0, 0.1) is 5.82 Å². The van der Waals surface area contributed by atoms with Gasteiger partial charge < -0.3 is 9.80 Å². The van der Waals surface area contributed by atoms with E-state index in [1.165, 1.54) is 16.5 Å². The van der Waals surface area contributed by atoms with Crippen LogP contribution in [-0.4, -0.2) is 27.5 Å². The number of hydrogen-bond donors (Lipinski definition) is 0. The molecule has 0 spiro atoms. The van der Waals surface area contributed by atoms with Crippen molar-refractivity contribution in [1.82, 2.24) is 4.90 Å². The summed E-state index contributed by atoms with van der Waals surface area (Å²) >= 11 is 0. The Morgan fingerprint density at radius 3 is 2.43 bits per heavy atom. The summed E-state index contributed by atoms with van der Waals surface area (Å²) in [5.74, 6) is -0.986. The summed E-state index contributed by atoms with van der Waals surface area (Å²) in [7, 11) is -1.65. The molecular weight excluding hydrogens is 487 g/mol. The SMILES string of the molecule is O=C(c1ccc2c(c1)N(Cc1ccccc1F)C(=O)c1ccccc1[S@]2=O)N1CCc2ccccc2C1. The van der Waals surface area contributed by atoms with Crippen LogP contribution in [0.5, 0.6) is 0 Å². The molecule has 184 valence electrons. The van der Waals surface area contributed by atoms with E-state index in [4.69, 9.17) is 0 Å². The predicted molar refractivity (Wildman–Crippen MR) is 139 cm³/mol. The Morgan fingerprint density at radius 1 is 0.865 bits per heavy atom. The number of hydrogen-bond acceptors (Lipinski definition) is 3. The molecule has 0 radical (unpaired) electrons. The third kappa shape index (κ3) is 4.15. The van der Waals surface area contributed by atoms with Crippen LogP contribution in [0.15, 0.2) is 101 Å². The average molecular weight is 511 g/mol. The second-order valence-electron chi connectivity index (χ2n) is 9.18. The molecule has 5 nitrogen and oxygen atoms in total. The summed E-state index contributed by atoms with van der Waals surface area (Å²) in [6.07, 6.45) is 0.768. The maximum atomic E-state index is 14.6. The topological polar surface area (TPSA) is 57.7 Å². The first-order valence-corrected chi connectivity index (χ1v) is 13.2. The number of amides is 2. The van der Waals surface area contributed by atoms with Gasteiger partial charge in [0.2, 0.25) is 0 Å². The highest BCUT2D eigenvalue weighted by Gasteiger charge is 2.32. The molecule has 2 heterocycles. The molecule has 2 aliphatic heterocycles. The van der Waals surface area contributed by atoms with Crippen molar-refractivity contribution < 1.29 is 18.2 Å². The molecule has 2 amide bonds. The Balaban J connectivity index is 1.43. The Hall–Kier alpha value is -4.10. The zero-order valence-electron chi connectivity index (χ0n) is 19.9. The number of carbonyl (C=O) groups is 2. The fourth-order valence-corrected chi connectivity index (χ4v) is 6.35. The monoisotopic (exact) mass is 510 g/mol. The number of nitrogens with zero attached hydrogens (tertiary/aromatic N) is 2. The lowest BCUT2D eigenvalue weighted by atomic mass is 9.99. The molecule has 0 saturated heterocycles. The van der Waals surface area contributed by atoms with Crippen molar-refractivity contribution in [2.24, 2.45) is 0 Å². The van der Waals surface area contributed by atoms with Crippen molar-refractivity contribution in [3.63, 3.8) is 0 Å². The van der Waals surface area contributed by atoms with Crippen LogP contribution in [0.25, 0.3) is 0 Å². The Kier molecular flexibility index (Phi) is 5.93. The van der Waals surface area contributed by atoms with Crippen LogP contribution in [-0.2, 0) is 30.3 Å². The van der Waals surface area contributed by atoms with E-state index in [-0.39, 0.29) is 18.4 Å². The predicted octanol–water partition coefficient (Wildman–Crippen LogP) is 5.35. The van der Waals surface area contributed by atoms with Gasteiger partial charge in [-0.25, -0.2) is 8.60 Å². The van der Waals surface area contributed by atoms with Gasteiger partial charge >= 0.3 is 0 Å². The molecule has 0 unspecified atom stereocenters. The number of halogens is 1. The number of carbonyl (C=O) groups excluding carboxylic acids is 2. The van der Waals surface area contributed by atoms with Gasteiger partial charge in [0.05, 0.1) is 38.4 Å². The van der Waals surface area contributed by atoms with Crippen LogP contribution in [0.3, 0.4) is 0 Å². The van der Waals surface area contributed by atoms with Crippen molar-refractivity contribution in [1.29, 1.82) is 0 Å². The fourth-order valence-electron chi connectivity index (χ4n) is 5.00. The van der Waals surface area contributed by atoms with Crippen molar-refractivity contribution in [3.8, 4) is 0 Å². The highest BCUT2D eigenvalue weighted by Crippen LogP contribution is 2.36. The minimum atomic E-state index is -1.65. The second kappa shape index (κ2) is 9.41. The number of anilines is 1. The van der Waals surface area contributed by atoms with Gasteiger partial charge in [0, 0.05) is 24.2 Å².